The van der Waals surface area contributed by atoms with Gasteiger partial charge in [-0.2, -0.15) is 11.8 Å². The summed E-state index contributed by atoms with van der Waals surface area (Å²) in [6.45, 7) is 0. The van der Waals surface area contributed by atoms with Crippen LogP contribution in [0.1, 0.15) is 16.8 Å². The third-order valence-electron chi connectivity index (χ3n) is 2.48. The number of pyridine rings is 1. The second-order valence-corrected chi connectivity index (χ2v) is 4.88. The predicted octanol–water partition coefficient (Wildman–Crippen LogP) is 0.680. The summed E-state index contributed by atoms with van der Waals surface area (Å²) < 4.78 is 0. The highest BCUT2D eigenvalue weighted by molar-refractivity contribution is 7.99. The van der Waals surface area contributed by atoms with Gasteiger partial charge in [-0.3, -0.25) is 4.79 Å². The number of aromatic nitrogens is 1. The minimum atomic E-state index is -0.524. The monoisotopic (exact) mass is 238 g/mol. The Hall–Kier alpha value is -1.43. The Labute approximate surface area is 98.0 Å². The normalized spacial score (nSPS) is 19.6. The molecular formula is C10H14N4OS. The summed E-state index contributed by atoms with van der Waals surface area (Å²) in [5.74, 6) is 2.37. The molecule has 1 aromatic rings. The highest BCUT2D eigenvalue weighted by atomic mass is 32.2. The molecule has 5 nitrogen and oxygen atoms in total. The average molecular weight is 238 g/mol. The number of hydrogen-bond acceptors (Lipinski definition) is 5. The van der Waals surface area contributed by atoms with Gasteiger partial charge in [-0.25, -0.2) is 4.98 Å². The maximum atomic E-state index is 11.1. The van der Waals surface area contributed by atoms with Crippen molar-refractivity contribution in [1.82, 2.24) is 4.98 Å². The number of primary amides is 1. The van der Waals surface area contributed by atoms with E-state index in [-0.39, 0.29) is 0 Å². The number of nitrogen functional groups attached to an aromatic ring is 1. The van der Waals surface area contributed by atoms with Gasteiger partial charge in [0.1, 0.15) is 5.82 Å². The summed E-state index contributed by atoms with van der Waals surface area (Å²) in [6, 6.07) is 2.03. The number of carbonyl (C=O) groups is 1. The first-order chi connectivity index (χ1) is 7.66. The Balaban J connectivity index is 2.15. The number of nitrogens with zero attached hydrogens (tertiary/aromatic N) is 1. The molecule has 0 aromatic carbocycles. The molecule has 0 aliphatic carbocycles. The summed E-state index contributed by atoms with van der Waals surface area (Å²) in [5, 5.41) is 3.27. The Morgan fingerprint density at radius 2 is 2.44 bits per heavy atom. The summed E-state index contributed by atoms with van der Waals surface area (Å²) in [5.41, 5.74) is 11.5. The molecule has 0 bridgehead atoms. The van der Waals surface area contributed by atoms with Crippen LogP contribution >= 0.6 is 11.8 Å². The molecule has 6 heteroatoms. The molecule has 1 atom stereocenters. The van der Waals surface area contributed by atoms with Gasteiger partial charge in [0.2, 0.25) is 0 Å². The van der Waals surface area contributed by atoms with Gasteiger partial charge >= 0.3 is 0 Å². The van der Waals surface area contributed by atoms with Gasteiger partial charge in [0.05, 0.1) is 17.4 Å². The Morgan fingerprint density at radius 3 is 3.06 bits per heavy atom. The number of carbonyl (C=O) groups excluding carboxylic acids is 1. The van der Waals surface area contributed by atoms with Crippen molar-refractivity contribution in [3.63, 3.8) is 0 Å². The van der Waals surface area contributed by atoms with Gasteiger partial charge in [0.15, 0.2) is 0 Å². The predicted molar refractivity (Wildman–Crippen MR) is 66.5 cm³/mol. The van der Waals surface area contributed by atoms with Gasteiger partial charge in [-0.1, -0.05) is 0 Å². The van der Waals surface area contributed by atoms with Crippen LogP contribution in [-0.2, 0) is 0 Å². The lowest BCUT2D eigenvalue weighted by molar-refractivity contribution is 0.100. The molecule has 1 amide bonds. The van der Waals surface area contributed by atoms with E-state index in [2.05, 4.69) is 10.3 Å². The van der Waals surface area contributed by atoms with Gasteiger partial charge in [-0.05, 0) is 18.2 Å². The summed E-state index contributed by atoms with van der Waals surface area (Å²) in [4.78, 5) is 15.2. The topological polar surface area (TPSA) is 94.0 Å². The van der Waals surface area contributed by atoms with Crippen molar-refractivity contribution in [2.75, 3.05) is 22.6 Å². The highest BCUT2D eigenvalue weighted by Gasteiger charge is 2.16. The molecule has 2 rings (SSSR count). The third kappa shape index (κ3) is 2.38. The number of rotatable bonds is 3. The minimum absolute atomic E-state index is 0.318. The minimum Gasteiger partial charge on any atom is -0.397 e. The zero-order valence-corrected chi connectivity index (χ0v) is 9.59. The van der Waals surface area contributed by atoms with Crippen LogP contribution in [0.25, 0.3) is 0 Å². The largest absolute Gasteiger partial charge is 0.397 e. The van der Waals surface area contributed by atoms with E-state index in [1.165, 1.54) is 6.20 Å². The molecule has 86 valence electrons. The van der Waals surface area contributed by atoms with Crippen LogP contribution < -0.4 is 16.8 Å². The number of amides is 1. The molecule has 0 radical (unpaired) electrons. The SMILES string of the molecule is NC(=O)c1cc(NC2CCSC2)ncc1N. The summed E-state index contributed by atoms with van der Waals surface area (Å²) in [7, 11) is 0. The lowest BCUT2D eigenvalue weighted by Gasteiger charge is -2.12. The number of nitrogens with one attached hydrogen (secondary N) is 1. The molecule has 1 saturated heterocycles. The Morgan fingerprint density at radius 1 is 1.62 bits per heavy atom. The van der Waals surface area contributed by atoms with Crippen molar-refractivity contribution in [3.05, 3.63) is 17.8 Å². The van der Waals surface area contributed by atoms with E-state index in [1.807, 2.05) is 11.8 Å². The Bertz CT molecular complexity index is 404. The van der Waals surface area contributed by atoms with Crippen molar-refractivity contribution in [2.24, 2.45) is 5.73 Å². The van der Waals surface area contributed by atoms with Crippen LogP contribution in [0.4, 0.5) is 11.5 Å². The van der Waals surface area contributed by atoms with Gasteiger partial charge in [-0.15, -0.1) is 0 Å². The lowest BCUT2D eigenvalue weighted by atomic mass is 10.2. The quantitative estimate of drug-likeness (QED) is 0.720. The fourth-order valence-corrected chi connectivity index (χ4v) is 2.77. The fourth-order valence-electron chi connectivity index (χ4n) is 1.62. The molecule has 1 fully saturated rings. The second kappa shape index (κ2) is 4.61. The first-order valence-corrected chi connectivity index (χ1v) is 6.22. The van der Waals surface area contributed by atoms with Crippen molar-refractivity contribution >= 4 is 29.2 Å². The molecule has 0 saturated carbocycles. The van der Waals surface area contributed by atoms with Crippen LogP contribution in [0, 0.1) is 0 Å². The number of nitrogens with two attached hydrogens (primary N) is 2. The molecule has 5 N–H and O–H groups in total. The van der Waals surface area contributed by atoms with E-state index < -0.39 is 5.91 Å². The smallest absolute Gasteiger partial charge is 0.250 e. The van der Waals surface area contributed by atoms with E-state index in [1.54, 1.807) is 6.07 Å². The third-order valence-corrected chi connectivity index (χ3v) is 3.64. The van der Waals surface area contributed by atoms with Crippen molar-refractivity contribution in [1.29, 1.82) is 0 Å². The molecule has 2 heterocycles. The maximum absolute atomic E-state index is 11.1. The first kappa shape index (κ1) is 11.1. The maximum Gasteiger partial charge on any atom is 0.250 e. The molecule has 1 unspecified atom stereocenters. The average Bonchev–Trinajstić information content (AvgIpc) is 2.73. The fraction of sp³-hybridized carbons (Fsp3) is 0.400. The molecule has 1 aromatic heterocycles. The van der Waals surface area contributed by atoms with Crippen LogP contribution in [0.2, 0.25) is 0 Å². The number of hydrogen-bond donors (Lipinski definition) is 3. The lowest BCUT2D eigenvalue weighted by Crippen LogP contribution is -2.20. The van der Waals surface area contributed by atoms with Crippen LogP contribution in [-0.4, -0.2) is 28.4 Å². The first-order valence-electron chi connectivity index (χ1n) is 5.06. The molecular weight excluding hydrogens is 224 g/mol. The summed E-state index contributed by atoms with van der Waals surface area (Å²) >= 11 is 1.91. The van der Waals surface area contributed by atoms with Crippen LogP contribution in [0.5, 0.6) is 0 Å². The van der Waals surface area contributed by atoms with Crippen LogP contribution in [0.3, 0.4) is 0 Å². The zero-order valence-electron chi connectivity index (χ0n) is 8.77. The molecule has 1 aliphatic rings. The standard InChI is InChI=1S/C10H14N4OS/c11-8-4-13-9(3-7(8)10(12)15)14-6-1-2-16-5-6/h3-4,6H,1-2,5,11H2,(H2,12,15)(H,13,14). The van der Waals surface area contributed by atoms with Crippen molar-refractivity contribution < 1.29 is 4.79 Å². The summed E-state index contributed by atoms with van der Waals surface area (Å²) in [6.07, 6.45) is 2.58. The van der Waals surface area contributed by atoms with Crippen molar-refractivity contribution in [2.45, 2.75) is 12.5 Å². The second-order valence-electron chi connectivity index (χ2n) is 3.73. The van der Waals surface area contributed by atoms with E-state index in [4.69, 9.17) is 11.5 Å². The van der Waals surface area contributed by atoms with Crippen molar-refractivity contribution in [3.8, 4) is 0 Å². The highest BCUT2D eigenvalue weighted by Crippen LogP contribution is 2.21. The molecule has 16 heavy (non-hydrogen) atoms. The molecule has 1 aliphatic heterocycles. The van der Waals surface area contributed by atoms with E-state index in [0.29, 0.717) is 23.1 Å². The van der Waals surface area contributed by atoms with E-state index in [9.17, 15) is 4.79 Å². The number of thioether (sulfide) groups is 1. The van der Waals surface area contributed by atoms with E-state index in [0.717, 1.165) is 17.9 Å². The Kier molecular flexibility index (Phi) is 3.19. The molecule has 0 spiro atoms. The van der Waals surface area contributed by atoms with Crippen LogP contribution in [0.15, 0.2) is 12.3 Å². The van der Waals surface area contributed by atoms with Gasteiger partial charge < -0.3 is 16.8 Å². The number of anilines is 2. The van der Waals surface area contributed by atoms with E-state index >= 15 is 0 Å². The van der Waals surface area contributed by atoms with Gasteiger partial charge in [0.25, 0.3) is 5.91 Å². The van der Waals surface area contributed by atoms with Gasteiger partial charge in [0, 0.05) is 11.8 Å². The zero-order chi connectivity index (χ0) is 11.5.